The summed E-state index contributed by atoms with van der Waals surface area (Å²) in [4.78, 5) is 6.86. The van der Waals surface area contributed by atoms with Crippen molar-refractivity contribution in [1.29, 1.82) is 0 Å². The van der Waals surface area contributed by atoms with Gasteiger partial charge in [-0.05, 0) is 54.2 Å². The van der Waals surface area contributed by atoms with Crippen LogP contribution in [0.1, 0.15) is 29.0 Å². The van der Waals surface area contributed by atoms with Gasteiger partial charge in [-0.2, -0.15) is 0 Å². The highest BCUT2D eigenvalue weighted by atomic mass is 32.1. The summed E-state index contributed by atoms with van der Waals surface area (Å²) in [6.07, 6.45) is 3.92. The second-order valence-electron chi connectivity index (χ2n) is 7.22. The fourth-order valence-corrected chi connectivity index (χ4v) is 4.22. The van der Waals surface area contributed by atoms with Gasteiger partial charge in [0.05, 0.1) is 31.5 Å². The fourth-order valence-electron chi connectivity index (χ4n) is 3.91. The number of thiocarbonyl (C=S) groups is 1. The van der Waals surface area contributed by atoms with E-state index in [1.807, 2.05) is 36.5 Å². The summed E-state index contributed by atoms with van der Waals surface area (Å²) in [5, 5.41) is 4.24. The molecule has 0 unspecified atom stereocenters. The molecule has 0 radical (unpaired) electrons. The summed E-state index contributed by atoms with van der Waals surface area (Å²) in [6, 6.07) is 18.3. The van der Waals surface area contributed by atoms with Gasteiger partial charge in [0.2, 0.25) is 0 Å². The standard InChI is InChI=1S/C23H26N4O2S/c1-28-15-14-26-13-5-7-20(26)22-21(19-6-3-4-12-24-19)25-23(30)27(22)16-17-8-10-18(29-2)11-9-17/h3-13,21-22H,14-16H2,1-2H3,(H,25,30)/t21-,22-/m1/s1. The summed E-state index contributed by atoms with van der Waals surface area (Å²) in [6.45, 7) is 2.13. The number of nitrogens with zero attached hydrogens (tertiary/aromatic N) is 3. The SMILES string of the molecule is COCCn1cccc1[C@@H]1[C@@H](c2ccccn2)NC(=S)N1Cc1ccc(OC)cc1. The number of aromatic nitrogens is 2. The van der Waals surface area contributed by atoms with E-state index in [0.717, 1.165) is 23.1 Å². The van der Waals surface area contributed by atoms with Gasteiger partial charge in [-0.3, -0.25) is 4.98 Å². The molecule has 1 aromatic carbocycles. The number of rotatable bonds is 8. The molecule has 1 aliphatic rings. The van der Waals surface area contributed by atoms with Crippen LogP contribution in [-0.2, 0) is 17.8 Å². The number of benzene rings is 1. The molecule has 0 amide bonds. The number of methoxy groups -OCH3 is 2. The number of hydrogen-bond donors (Lipinski definition) is 1. The summed E-state index contributed by atoms with van der Waals surface area (Å²) in [7, 11) is 3.40. The number of hydrogen-bond acceptors (Lipinski definition) is 4. The van der Waals surface area contributed by atoms with Crippen molar-refractivity contribution in [2.24, 2.45) is 0 Å². The van der Waals surface area contributed by atoms with Gasteiger partial charge < -0.3 is 24.3 Å². The molecule has 0 bridgehead atoms. The Morgan fingerprint density at radius 2 is 1.90 bits per heavy atom. The molecule has 3 heterocycles. The average molecular weight is 423 g/mol. The Hall–Kier alpha value is -2.90. The molecule has 4 rings (SSSR count). The van der Waals surface area contributed by atoms with E-state index < -0.39 is 0 Å². The Labute approximate surface area is 182 Å². The maximum Gasteiger partial charge on any atom is 0.170 e. The van der Waals surface area contributed by atoms with Gasteiger partial charge in [0.15, 0.2) is 5.11 Å². The molecule has 2 atom stereocenters. The third-order valence-electron chi connectivity index (χ3n) is 5.41. The molecule has 156 valence electrons. The van der Waals surface area contributed by atoms with Gasteiger partial charge in [-0.1, -0.05) is 18.2 Å². The molecule has 1 N–H and O–H groups in total. The fraction of sp³-hybridized carbons (Fsp3) is 0.304. The smallest absolute Gasteiger partial charge is 0.170 e. The molecular formula is C23H26N4O2S. The van der Waals surface area contributed by atoms with Gasteiger partial charge in [-0.25, -0.2) is 0 Å². The molecule has 0 saturated carbocycles. The Bertz CT molecular complexity index is 974. The van der Waals surface area contributed by atoms with Crippen LogP contribution in [0.4, 0.5) is 0 Å². The van der Waals surface area contributed by atoms with Gasteiger partial charge in [0.25, 0.3) is 0 Å². The van der Waals surface area contributed by atoms with E-state index in [1.165, 1.54) is 11.3 Å². The highest BCUT2D eigenvalue weighted by molar-refractivity contribution is 7.80. The first kappa shape index (κ1) is 20.4. The topological polar surface area (TPSA) is 51.5 Å². The minimum atomic E-state index is -0.0341. The maximum atomic E-state index is 5.78. The van der Waals surface area contributed by atoms with Crippen molar-refractivity contribution in [3.8, 4) is 5.75 Å². The second kappa shape index (κ2) is 9.28. The Balaban J connectivity index is 1.69. The first-order chi connectivity index (χ1) is 14.7. The zero-order valence-corrected chi connectivity index (χ0v) is 18.0. The lowest BCUT2D eigenvalue weighted by Crippen LogP contribution is -2.30. The van der Waals surface area contributed by atoms with Crippen LogP contribution < -0.4 is 10.1 Å². The molecule has 0 spiro atoms. The van der Waals surface area contributed by atoms with Crippen LogP contribution in [0.5, 0.6) is 5.75 Å². The molecular weight excluding hydrogens is 396 g/mol. The predicted octanol–water partition coefficient (Wildman–Crippen LogP) is 3.71. The maximum absolute atomic E-state index is 5.78. The van der Waals surface area contributed by atoms with Gasteiger partial charge in [0.1, 0.15) is 5.75 Å². The van der Waals surface area contributed by atoms with Crippen molar-refractivity contribution in [2.75, 3.05) is 20.8 Å². The van der Waals surface area contributed by atoms with Crippen LogP contribution in [0.15, 0.2) is 67.0 Å². The first-order valence-corrected chi connectivity index (χ1v) is 10.4. The molecule has 2 aromatic heterocycles. The Morgan fingerprint density at radius 1 is 1.07 bits per heavy atom. The first-order valence-electron chi connectivity index (χ1n) is 9.96. The number of pyridine rings is 1. The van der Waals surface area contributed by atoms with Gasteiger partial charge in [0, 0.05) is 38.3 Å². The minimum absolute atomic E-state index is 0.0151. The van der Waals surface area contributed by atoms with Crippen molar-refractivity contribution in [3.63, 3.8) is 0 Å². The number of nitrogens with one attached hydrogen (secondary N) is 1. The van der Waals surface area contributed by atoms with Crippen LogP contribution >= 0.6 is 12.2 Å². The lowest BCUT2D eigenvalue weighted by atomic mass is 10.0. The Kier molecular flexibility index (Phi) is 6.30. The van der Waals surface area contributed by atoms with E-state index in [-0.39, 0.29) is 12.1 Å². The van der Waals surface area contributed by atoms with E-state index in [2.05, 4.69) is 50.2 Å². The van der Waals surface area contributed by atoms with Crippen LogP contribution in [0.25, 0.3) is 0 Å². The molecule has 1 aliphatic heterocycles. The second-order valence-corrected chi connectivity index (χ2v) is 7.61. The van der Waals surface area contributed by atoms with Crippen molar-refractivity contribution in [1.82, 2.24) is 19.8 Å². The van der Waals surface area contributed by atoms with Crippen molar-refractivity contribution in [2.45, 2.75) is 25.2 Å². The molecule has 30 heavy (non-hydrogen) atoms. The van der Waals surface area contributed by atoms with Crippen molar-refractivity contribution in [3.05, 3.63) is 83.9 Å². The number of ether oxygens (including phenoxy) is 2. The average Bonchev–Trinajstić information content (AvgIpc) is 3.37. The van der Waals surface area contributed by atoms with E-state index in [9.17, 15) is 0 Å². The van der Waals surface area contributed by atoms with Crippen LogP contribution in [0, 0.1) is 0 Å². The minimum Gasteiger partial charge on any atom is -0.497 e. The lowest BCUT2D eigenvalue weighted by molar-refractivity contribution is 0.183. The zero-order chi connectivity index (χ0) is 20.9. The van der Waals surface area contributed by atoms with E-state index in [1.54, 1.807) is 14.2 Å². The van der Waals surface area contributed by atoms with E-state index in [4.69, 9.17) is 21.7 Å². The Morgan fingerprint density at radius 3 is 2.60 bits per heavy atom. The van der Waals surface area contributed by atoms with Crippen LogP contribution in [0.2, 0.25) is 0 Å². The summed E-state index contributed by atoms with van der Waals surface area (Å²) >= 11 is 5.78. The highest BCUT2D eigenvalue weighted by Crippen LogP contribution is 2.39. The molecule has 1 fully saturated rings. The summed E-state index contributed by atoms with van der Waals surface area (Å²) in [5.74, 6) is 0.845. The molecule has 3 aromatic rings. The highest BCUT2D eigenvalue weighted by Gasteiger charge is 2.41. The third-order valence-corrected chi connectivity index (χ3v) is 5.77. The van der Waals surface area contributed by atoms with E-state index >= 15 is 0 Å². The van der Waals surface area contributed by atoms with Crippen LogP contribution in [-0.4, -0.2) is 40.4 Å². The normalized spacial score (nSPS) is 18.5. The molecule has 0 aliphatic carbocycles. The quantitative estimate of drug-likeness (QED) is 0.559. The summed E-state index contributed by atoms with van der Waals surface area (Å²) in [5.41, 5.74) is 3.33. The van der Waals surface area contributed by atoms with Gasteiger partial charge >= 0.3 is 0 Å². The third kappa shape index (κ3) is 4.17. The largest absolute Gasteiger partial charge is 0.497 e. The molecule has 6 nitrogen and oxygen atoms in total. The monoisotopic (exact) mass is 422 g/mol. The van der Waals surface area contributed by atoms with Crippen molar-refractivity contribution < 1.29 is 9.47 Å². The van der Waals surface area contributed by atoms with Crippen molar-refractivity contribution >= 4 is 17.3 Å². The summed E-state index contributed by atoms with van der Waals surface area (Å²) < 4.78 is 12.8. The molecule has 1 saturated heterocycles. The zero-order valence-electron chi connectivity index (χ0n) is 17.2. The molecule has 7 heteroatoms. The van der Waals surface area contributed by atoms with E-state index in [0.29, 0.717) is 13.2 Å². The van der Waals surface area contributed by atoms with Crippen LogP contribution in [0.3, 0.4) is 0 Å². The van der Waals surface area contributed by atoms with Gasteiger partial charge in [-0.15, -0.1) is 0 Å². The lowest BCUT2D eigenvalue weighted by Gasteiger charge is -2.29. The predicted molar refractivity (Wildman–Crippen MR) is 120 cm³/mol.